The van der Waals surface area contributed by atoms with E-state index >= 15 is 0 Å². The lowest BCUT2D eigenvalue weighted by Gasteiger charge is -2.19. The second-order valence-electron chi connectivity index (χ2n) is 6.44. The first-order valence-electron chi connectivity index (χ1n) is 8.44. The summed E-state index contributed by atoms with van der Waals surface area (Å²) in [6.07, 6.45) is 1.14. The summed E-state index contributed by atoms with van der Waals surface area (Å²) in [6, 6.07) is 7.37. The summed E-state index contributed by atoms with van der Waals surface area (Å²) in [7, 11) is 1.53. The Balaban J connectivity index is 1.61. The van der Waals surface area contributed by atoms with Crippen LogP contribution in [0.4, 0.5) is 5.69 Å². The number of amides is 2. The number of carbonyl (C=O) groups is 3. The largest absolute Gasteiger partial charge is 0.495 e. The molecule has 0 aromatic heterocycles. The molecule has 1 saturated heterocycles. The van der Waals surface area contributed by atoms with Crippen molar-refractivity contribution in [3.8, 4) is 5.75 Å². The third kappa shape index (κ3) is 3.92. The minimum atomic E-state index is -0.858. The van der Waals surface area contributed by atoms with Crippen LogP contribution in [-0.4, -0.2) is 43.6 Å². The maximum atomic E-state index is 12.3. The molecule has 2 atom stereocenters. The zero-order chi connectivity index (χ0) is 18.0. The van der Waals surface area contributed by atoms with Gasteiger partial charge in [-0.25, -0.2) is 0 Å². The zero-order valence-electron chi connectivity index (χ0n) is 14.4. The van der Waals surface area contributed by atoms with E-state index in [0.29, 0.717) is 11.4 Å². The van der Waals surface area contributed by atoms with Crippen LogP contribution in [0, 0.1) is 5.92 Å². The SMILES string of the molecule is COc1ccccc1N1C[C@@H](C(=O)O[C@@H](C)C(=O)NC2CC2)CC1=O. The molecule has 1 N–H and O–H groups in total. The summed E-state index contributed by atoms with van der Waals surface area (Å²) in [5.41, 5.74) is 0.629. The van der Waals surface area contributed by atoms with Crippen LogP contribution in [0.1, 0.15) is 26.2 Å². The van der Waals surface area contributed by atoms with Crippen LogP contribution in [0.5, 0.6) is 5.75 Å². The Kier molecular flexibility index (Phi) is 4.92. The van der Waals surface area contributed by atoms with Crippen molar-refractivity contribution in [1.82, 2.24) is 5.32 Å². The van der Waals surface area contributed by atoms with Gasteiger partial charge in [-0.3, -0.25) is 14.4 Å². The van der Waals surface area contributed by atoms with Crippen LogP contribution in [0.2, 0.25) is 0 Å². The van der Waals surface area contributed by atoms with E-state index in [1.54, 1.807) is 25.1 Å². The van der Waals surface area contributed by atoms with Crippen LogP contribution < -0.4 is 15.0 Å². The second-order valence-corrected chi connectivity index (χ2v) is 6.44. The Morgan fingerprint density at radius 2 is 2.00 bits per heavy atom. The molecule has 7 nitrogen and oxygen atoms in total. The Hall–Kier alpha value is -2.57. The summed E-state index contributed by atoms with van der Waals surface area (Å²) in [5, 5.41) is 2.80. The Labute approximate surface area is 146 Å². The Morgan fingerprint density at radius 3 is 2.68 bits per heavy atom. The number of hydrogen-bond acceptors (Lipinski definition) is 5. The first-order valence-corrected chi connectivity index (χ1v) is 8.44. The van der Waals surface area contributed by atoms with E-state index in [9.17, 15) is 14.4 Å². The van der Waals surface area contributed by atoms with Gasteiger partial charge in [0, 0.05) is 19.0 Å². The molecule has 0 unspecified atom stereocenters. The minimum Gasteiger partial charge on any atom is -0.495 e. The van der Waals surface area contributed by atoms with Crippen molar-refractivity contribution in [2.75, 3.05) is 18.6 Å². The van der Waals surface area contributed by atoms with E-state index < -0.39 is 18.0 Å². The highest BCUT2D eigenvalue weighted by atomic mass is 16.5. The summed E-state index contributed by atoms with van der Waals surface area (Å²) in [4.78, 5) is 38.1. The van der Waals surface area contributed by atoms with Crippen molar-refractivity contribution in [3.63, 3.8) is 0 Å². The summed E-state index contributed by atoms with van der Waals surface area (Å²) in [5.74, 6) is -0.997. The standard InChI is InChI=1S/C18H22N2O5/c1-11(17(22)19-13-7-8-13)25-18(23)12-9-16(21)20(10-12)14-5-3-4-6-15(14)24-2/h3-6,11-13H,7-10H2,1-2H3,(H,19,22)/t11-,12-/m0/s1. The lowest BCUT2D eigenvalue weighted by Crippen LogP contribution is -2.38. The molecule has 1 aromatic carbocycles. The number of nitrogens with one attached hydrogen (secondary N) is 1. The molecule has 1 aliphatic carbocycles. The van der Waals surface area contributed by atoms with Crippen LogP contribution in [0.3, 0.4) is 0 Å². The van der Waals surface area contributed by atoms with Crippen LogP contribution in [-0.2, 0) is 19.1 Å². The van der Waals surface area contributed by atoms with Gasteiger partial charge in [-0.05, 0) is 31.9 Å². The molecule has 0 bridgehead atoms. The second kappa shape index (κ2) is 7.13. The van der Waals surface area contributed by atoms with Crippen molar-refractivity contribution in [1.29, 1.82) is 0 Å². The van der Waals surface area contributed by atoms with Crippen LogP contribution in [0.25, 0.3) is 0 Å². The quantitative estimate of drug-likeness (QED) is 0.784. The molecule has 134 valence electrons. The number of carbonyl (C=O) groups excluding carboxylic acids is 3. The molecule has 3 rings (SSSR count). The molecule has 7 heteroatoms. The maximum Gasteiger partial charge on any atom is 0.312 e. The van der Waals surface area contributed by atoms with Gasteiger partial charge in [-0.1, -0.05) is 12.1 Å². The van der Waals surface area contributed by atoms with E-state index in [2.05, 4.69) is 5.32 Å². The third-order valence-electron chi connectivity index (χ3n) is 4.42. The summed E-state index contributed by atoms with van der Waals surface area (Å²) < 4.78 is 10.5. The smallest absolute Gasteiger partial charge is 0.312 e. The lowest BCUT2D eigenvalue weighted by molar-refractivity contribution is -0.158. The van der Waals surface area contributed by atoms with Gasteiger partial charge >= 0.3 is 5.97 Å². The summed E-state index contributed by atoms with van der Waals surface area (Å²) >= 11 is 0. The molecular formula is C18H22N2O5. The molecule has 1 heterocycles. The summed E-state index contributed by atoms with van der Waals surface area (Å²) in [6.45, 7) is 1.76. The highest BCUT2D eigenvalue weighted by Gasteiger charge is 2.38. The van der Waals surface area contributed by atoms with Gasteiger partial charge in [-0.15, -0.1) is 0 Å². The fourth-order valence-corrected chi connectivity index (χ4v) is 2.82. The number of para-hydroxylation sites is 2. The van der Waals surface area contributed by atoms with Gasteiger partial charge < -0.3 is 19.7 Å². The van der Waals surface area contributed by atoms with Crippen molar-refractivity contribution < 1.29 is 23.9 Å². The first kappa shape index (κ1) is 17.3. The number of hydrogen-bond donors (Lipinski definition) is 1. The van der Waals surface area contributed by atoms with Crippen molar-refractivity contribution >= 4 is 23.5 Å². The van der Waals surface area contributed by atoms with E-state index in [-0.39, 0.29) is 30.8 Å². The van der Waals surface area contributed by atoms with Crippen molar-refractivity contribution in [2.45, 2.75) is 38.3 Å². The Morgan fingerprint density at radius 1 is 1.28 bits per heavy atom. The van der Waals surface area contributed by atoms with Crippen LogP contribution in [0.15, 0.2) is 24.3 Å². The van der Waals surface area contributed by atoms with Gasteiger partial charge in [0.2, 0.25) is 5.91 Å². The number of esters is 1. The molecule has 1 aliphatic heterocycles. The number of anilines is 1. The fraction of sp³-hybridized carbons (Fsp3) is 0.500. The molecule has 1 saturated carbocycles. The zero-order valence-corrected chi connectivity index (χ0v) is 14.4. The van der Waals surface area contributed by atoms with Crippen LogP contribution >= 0.6 is 0 Å². The molecule has 1 aromatic rings. The van der Waals surface area contributed by atoms with Gasteiger partial charge in [0.15, 0.2) is 6.10 Å². The molecule has 0 spiro atoms. The number of nitrogens with zero attached hydrogens (tertiary/aromatic N) is 1. The van der Waals surface area contributed by atoms with Crippen molar-refractivity contribution in [2.24, 2.45) is 5.92 Å². The highest BCUT2D eigenvalue weighted by molar-refractivity contribution is 6.00. The van der Waals surface area contributed by atoms with E-state index in [1.165, 1.54) is 12.0 Å². The van der Waals surface area contributed by atoms with Gasteiger partial charge in [0.05, 0.1) is 18.7 Å². The molecule has 25 heavy (non-hydrogen) atoms. The molecule has 2 aliphatic rings. The normalized spacial score (nSPS) is 21.0. The minimum absolute atomic E-state index is 0.0633. The maximum absolute atomic E-state index is 12.3. The van der Waals surface area contributed by atoms with E-state index in [4.69, 9.17) is 9.47 Å². The average molecular weight is 346 g/mol. The molecule has 2 amide bonds. The number of benzene rings is 1. The van der Waals surface area contributed by atoms with E-state index in [0.717, 1.165) is 12.8 Å². The monoisotopic (exact) mass is 346 g/mol. The predicted molar refractivity (Wildman–Crippen MR) is 90.2 cm³/mol. The molecular weight excluding hydrogens is 324 g/mol. The number of methoxy groups -OCH3 is 1. The lowest BCUT2D eigenvalue weighted by atomic mass is 10.1. The van der Waals surface area contributed by atoms with Gasteiger partial charge in [-0.2, -0.15) is 0 Å². The van der Waals surface area contributed by atoms with E-state index in [1.807, 2.05) is 6.07 Å². The van der Waals surface area contributed by atoms with Crippen molar-refractivity contribution in [3.05, 3.63) is 24.3 Å². The number of rotatable bonds is 6. The highest BCUT2D eigenvalue weighted by Crippen LogP contribution is 2.33. The average Bonchev–Trinajstić information content (AvgIpc) is 3.33. The van der Waals surface area contributed by atoms with Gasteiger partial charge in [0.1, 0.15) is 5.75 Å². The number of ether oxygens (including phenoxy) is 2. The third-order valence-corrected chi connectivity index (χ3v) is 4.42. The van der Waals surface area contributed by atoms with Gasteiger partial charge in [0.25, 0.3) is 5.91 Å². The molecule has 0 radical (unpaired) electrons. The topological polar surface area (TPSA) is 84.9 Å². The fourth-order valence-electron chi connectivity index (χ4n) is 2.82. The first-order chi connectivity index (χ1) is 12.0. The Bertz CT molecular complexity index is 686. The predicted octanol–water partition coefficient (Wildman–Crippen LogP) is 1.26. The molecule has 2 fully saturated rings.